The van der Waals surface area contributed by atoms with Crippen molar-refractivity contribution in [2.45, 2.75) is 26.9 Å². The van der Waals surface area contributed by atoms with Gasteiger partial charge in [0.15, 0.2) is 0 Å². The maximum absolute atomic E-state index is 9.10. The summed E-state index contributed by atoms with van der Waals surface area (Å²) in [6.45, 7) is 9.41. The molecule has 8 heavy (non-hydrogen) atoms. The fourth-order valence-electron chi connectivity index (χ4n) is 0.569. The lowest BCUT2D eigenvalue weighted by Crippen LogP contribution is -2.14. The molecule has 0 unspecified atom stereocenters. The molecule has 0 aromatic rings. The number of rotatable bonds is 2. The maximum atomic E-state index is 9.10. The topological polar surface area (TPSA) is 20.2 Å². The van der Waals surface area contributed by atoms with E-state index in [0.717, 1.165) is 5.57 Å². The van der Waals surface area contributed by atoms with E-state index in [0.29, 0.717) is 5.92 Å². The first-order chi connectivity index (χ1) is 3.55. The molecule has 0 aliphatic carbocycles. The Kier molecular flexibility index (Phi) is 2.77. The third-order valence-corrected chi connectivity index (χ3v) is 1.14. The van der Waals surface area contributed by atoms with Crippen LogP contribution in [0.15, 0.2) is 12.2 Å². The van der Waals surface area contributed by atoms with E-state index < -0.39 is 0 Å². The first-order valence-corrected chi connectivity index (χ1v) is 2.89. The molecule has 0 saturated carbocycles. The Morgan fingerprint density at radius 2 is 1.88 bits per heavy atom. The molecule has 1 atom stereocenters. The molecule has 0 saturated heterocycles. The Balaban J connectivity index is 3.64. The van der Waals surface area contributed by atoms with Crippen LogP contribution in [0.1, 0.15) is 20.8 Å². The van der Waals surface area contributed by atoms with Crippen molar-refractivity contribution in [2.24, 2.45) is 5.92 Å². The van der Waals surface area contributed by atoms with Crippen LogP contribution in [0.2, 0.25) is 0 Å². The van der Waals surface area contributed by atoms with E-state index in [9.17, 15) is 0 Å². The third kappa shape index (κ3) is 2.12. The zero-order valence-electron chi connectivity index (χ0n) is 5.81. The number of aliphatic hydroxyl groups is 1. The van der Waals surface area contributed by atoms with E-state index >= 15 is 0 Å². The second-order valence-electron chi connectivity index (χ2n) is 2.54. The van der Waals surface area contributed by atoms with Crippen LogP contribution in [0, 0.1) is 5.92 Å². The first kappa shape index (κ1) is 7.70. The minimum atomic E-state index is -0.324. The molecule has 0 bridgehead atoms. The second-order valence-corrected chi connectivity index (χ2v) is 2.54. The highest BCUT2D eigenvalue weighted by Gasteiger charge is 2.07. The SMILES string of the molecule is C=C(C)[C@H](O)C(C)C. The normalized spacial score (nSPS) is 14.1. The van der Waals surface area contributed by atoms with Gasteiger partial charge in [0.2, 0.25) is 0 Å². The van der Waals surface area contributed by atoms with Gasteiger partial charge in [-0.2, -0.15) is 0 Å². The molecule has 48 valence electrons. The predicted octanol–water partition coefficient (Wildman–Crippen LogP) is 1.58. The lowest BCUT2D eigenvalue weighted by molar-refractivity contribution is 0.161. The zero-order valence-corrected chi connectivity index (χ0v) is 5.81. The standard InChI is InChI=1S/C7H14O/c1-5(2)7(8)6(3)4/h6-8H,1H2,2-4H3/t7-/m0/s1. The van der Waals surface area contributed by atoms with Crippen molar-refractivity contribution in [3.63, 3.8) is 0 Å². The summed E-state index contributed by atoms with van der Waals surface area (Å²) in [6, 6.07) is 0. The molecule has 1 nitrogen and oxygen atoms in total. The summed E-state index contributed by atoms with van der Waals surface area (Å²) in [5.41, 5.74) is 0.847. The highest BCUT2D eigenvalue weighted by atomic mass is 16.3. The molecule has 1 heteroatoms. The Morgan fingerprint density at radius 1 is 1.50 bits per heavy atom. The van der Waals surface area contributed by atoms with E-state index in [1.165, 1.54) is 0 Å². The molecule has 0 fully saturated rings. The fourth-order valence-corrected chi connectivity index (χ4v) is 0.569. The lowest BCUT2D eigenvalue weighted by Gasteiger charge is -2.12. The maximum Gasteiger partial charge on any atom is 0.0767 e. The molecule has 0 aliphatic rings. The summed E-state index contributed by atoms with van der Waals surface area (Å²) >= 11 is 0. The molecule has 0 amide bonds. The van der Waals surface area contributed by atoms with E-state index in [-0.39, 0.29) is 6.10 Å². The van der Waals surface area contributed by atoms with Crippen molar-refractivity contribution in [3.8, 4) is 0 Å². The minimum Gasteiger partial charge on any atom is -0.389 e. The predicted molar refractivity (Wildman–Crippen MR) is 35.7 cm³/mol. The largest absolute Gasteiger partial charge is 0.389 e. The molecule has 0 heterocycles. The van der Waals surface area contributed by atoms with E-state index in [1.54, 1.807) is 0 Å². The average molecular weight is 114 g/mol. The first-order valence-electron chi connectivity index (χ1n) is 2.89. The van der Waals surface area contributed by atoms with E-state index in [1.807, 2.05) is 20.8 Å². The Morgan fingerprint density at radius 3 is 1.88 bits per heavy atom. The molecule has 1 N–H and O–H groups in total. The van der Waals surface area contributed by atoms with Crippen molar-refractivity contribution < 1.29 is 5.11 Å². The summed E-state index contributed by atoms with van der Waals surface area (Å²) in [5, 5.41) is 9.10. The second kappa shape index (κ2) is 2.88. The van der Waals surface area contributed by atoms with Gasteiger partial charge in [-0.15, -0.1) is 0 Å². The van der Waals surface area contributed by atoms with Crippen molar-refractivity contribution >= 4 is 0 Å². The summed E-state index contributed by atoms with van der Waals surface area (Å²) in [6.07, 6.45) is -0.324. The summed E-state index contributed by atoms with van der Waals surface area (Å²) < 4.78 is 0. The van der Waals surface area contributed by atoms with Gasteiger partial charge in [0.05, 0.1) is 6.10 Å². The van der Waals surface area contributed by atoms with Crippen molar-refractivity contribution in [3.05, 3.63) is 12.2 Å². The van der Waals surface area contributed by atoms with Crippen LogP contribution in [-0.2, 0) is 0 Å². The molecular weight excluding hydrogens is 100 g/mol. The quantitative estimate of drug-likeness (QED) is 0.540. The summed E-state index contributed by atoms with van der Waals surface area (Å²) in [7, 11) is 0. The van der Waals surface area contributed by atoms with Crippen LogP contribution in [0.3, 0.4) is 0 Å². The summed E-state index contributed by atoms with van der Waals surface area (Å²) in [4.78, 5) is 0. The molecule has 0 aromatic carbocycles. The highest BCUT2D eigenvalue weighted by Crippen LogP contribution is 2.07. The lowest BCUT2D eigenvalue weighted by atomic mass is 10.0. The van der Waals surface area contributed by atoms with Crippen molar-refractivity contribution in [2.75, 3.05) is 0 Å². The fraction of sp³-hybridized carbons (Fsp3) is 0.714. The van der Waals surface area contributed by atoms with Crippen LogP contribution in [-0.4, -0.2) is 11.2 Å². The van der Waals surface area contributed by atoms with E-state index in [4.69, 9.17) is 5.11 Å². The van der Waals surface area contributed by atoms with Gasteiger partial charge < -0.3 is 5.11 Å². The van der Waals surface area contributed by atoms with Crippen LogP contribution >= 0.6 is 0 Å². The average Bonchev–Trinajstić information content (AvgIpc) is 1.64. The molecule has 0 aliphatic heterocycles. The van der Waals surface area contributed by atoms with Gasteiger partial charge in [-0.05, 0) is 12.8 Å². The van der Waals surface area contributed by atoms with Gasteiger partial charge in [0.1, 0.15) is 0 Å². The van der Waals surface area contributed by atoms with Crippen LogP contribution < -0.4 is 0 Å². The minimum absolute atomic E-state index is 0.299. The van der Waals surface area contributed by atoms with Crippen LogP contribution in [0.5, 0.6) is 0 Å². The number of hydrogen-bond acceptors (Lipinski definition) is 1. The molecular formula is C7H14O. The Hall–Kier alpha value is -0.300. The Bertz CT molecular complexity index is 84.4. The van der Waals surface area contributed by atoms with Gasteiger partial charge in [-0.25, -0.2) is 0 Å². The number of aliphatic hydroxyl groups excluding tert-OH is 1. The smallest absolute Gasteiger partial charge is 0.0767 e. The van der Waals surface area contributed by atoms with Gasteiger partial charge in [0, 0.05) is 0 Å². The van der Waals surface area contributed by atoms with Crippen LogP contribution in [0.4, 0.5) is 0 Å². The Labute approximate surface area is 51.0 Å². The van der Waals surface area contributed by atoms with Crippen molar-refractivity contribution in [1.29, 1.82) is 0 Å². The molecule has 0 aromatic heterocycles. The van der Waals surface area contributed by atoms with Crippen LogP contribution in [0.25, 0.3) is 0 Å². The summed E-state index contributed by atoms with van der Waals surface area (Å²) in [5.74, 6) is 0.299. The van der Waals surface area contributed by atoms with Gasteiger partial charge in [0.25, 0.3) is 0 Å². The van der Waals surface area contributed by atoms with Gasteiger partial charge in [-0.3, -0.25) is 0 Å². The zero-order chi connectivity index (χ0) is 6.73. The molecule has 0 rings (SSSR count). The van der Waals surface area contributed by atoms with Gasteiger partial charge >= 0.3 is 0 Å². The molecule has 0 spiro atoms. The van der Waals surface area contributed by atoms with Gasteiger partial charge in [-0.1, -0.05) is 26.0 Å². The highest BCUT2D eigenvalue weighted by molar-refractivity contribution is 4.97. The van der Waals surface area contributed by atoms with E-state index in [2.05, 4.69) is 6.58 Å². The molecule has 0 radical (unpaired) electrons. The van der Waals surface area contributed by atoms with Crippen molar-refractivity contribution in [1.82, 2.24) is 0 Å². The monoisotopic (exact) mass is 114 g/mol. The third-order valence-electron chi connectivity index (χ3n) is 1.14. The number of hydrogen-bond donors (Lipinski definition) is 1.